The Morgan fingerprint density at radius 1 is 1.43 bits per heavy atom. The summed E-state index contributed by atoms with van der Waals surface area (Å²) in [6, 6.07) is 2.79. The molecule has 0 radical (unpaired) electrons. The van der Waals surface area contributed by atoms with Crippen LogP contribution in [-0.4, -0.2) is 33.4 Å². The van der Waals surface area contributed by atoms with Gasteiger partial charge in [0.2, 0.25) is 0 Å². The molecule has 5 heteroatoms. The van der Waals surface area contributed by atoms with Gasteiger partial charge in [-0.3, -0.25) is 0 Å². The minimum Gasteiger partial charge on any atom is -0.378 e. The maximum absolute atomic E-state index is 5.61. The van der Waals surface area contributed by atoms with Crippen molar-refractivity contribution in [3.63, 3.8) is 0 Å². The molecule has 3 unspecified atom stereocenters. The minimum atomic E-state index is 0.265. The first-order chi connectivity index (χ1) is 10.0. The van der Waals surface area contributed by atoms with Crippen molar-refractivity contribution in [2.45, 2.75) is 58.7 Å². The van der Waals surface area contributed by atoms with Crippen LogP contribution in [0.5, 0.6) is 0 Å². The second-order valence-corrected chi connectivity index (χ2v) is 6.15. The number of aryl methyl sites for hydroxylation is 2. The van der Waals surface area contributed by atoms with E-state index in [0.717, 1.165) is 36.5 Å². The van der Waals surface area contributed by atoms with Gasteiger partial charge in [-0.15, -0.1) is 0 Å². The average molecular weight is 288 g/mol. The molecule has 0 spiro atoms. The molecule has 0 saturated carbocycles. The van der Waals surface area contributed by atoms with Gasteiger partial charge < -0.3 is 10.1 Å². The van der Waals surface area contributed by atoms with Crippen molar-refractivity contribution >= 4 is 5.65 Å². The van der Waals surface area contributed by atoms with Crippen molar-refractivity contribution in [1.82, 2.24) is 19.9 Å². The molecule has 2 aromatic rings. The molecule has 2 aromatic heterocycles. The Bertz CT molecular complexity index is 636. The summed E-state index contributed by atoms with van der Waals surface area (Å²) in [6.07, 6.45) is 4.47. The Balaban J connectivity index is 1.80. The summed E-state index contributed by atoms with van der Waals surface area (Å²) >= 11 is 0. The van der Waals surface area contributed by atoms with Crippen LogP contribution in [0, 0.1) is 13.8 Å². The zero-order valence-corrected chi connectivity index (χ0v) is 13.3. The highest BCUT2D eigenvalue weighted by Gasteiger charge is 2.22. The van der Waals surface area contributed by atoms with E-state index in [9.17, 15) is 0 Å². The lowest BCUT2D eigenvalue weighted by Gasteiger charge is -2.30. The van der Waals surface area contributed by atoms with Gasteiger partial charge in [0.1, 0.15) is 0 Å². The van der Waals surface area contributed by atoms with Gasteiger partial charge in [-0.2, -0.15) is 5.10 Å². The summed E-state index contributed by atoms with van der Waals surface area (Å²) in [6.45, 7) is 9.30. The van der Waals surface area contributed by atoms with Crippen LogP contribution in [0.3, 0.4) is 0 Å². The van der Waals surface area contributed by atoms with Gasteiger partial charge in [0.25, 0.3) is 0 Å². The summed E-state index contributed by atoms with van der Waals surface area (Å²) in [5, 5.41) is 8.24. The van der Waals surface area contributed by atoms with Crippen LogP contribution < -0.4 is 5.32 Å². The van der Waals surface area contributed by atoms with Crippen LogP contribution in [-0.2, 0) is 4.74 Å². The second kappa shape index (κ2) is 5.73. The average Bonchev–Trinajstić information content (AvgIpc) is 2.80. The second-order valence-electron chi connectivity index (χ2n) is 6.15. The molecule has 0 aliphatic carbocycles. The van der Waals surface area contributed by atoms with Gasteiger partial charge in [-0.25, -0.2) is 9.50 Å². The topological polar surface area (TPSA) is 51.5 Å². The number of rotatable bonds is 3. The van der Waals surface area contributed by atoms with Gasteiger partial charge >= 0.3 is 0 Å². The highest BCUT2D eigenvalue weighted by Crippen LogP contribution is 2.21. The Hall–Kier alpha value is -1.46. The number of aromatic nitrogens is 3. The third-order valence-corrected chi connectivity index (χ3v) is 4.32. The molecule has 114 valence electrons. The number of fused-ring (bicyclic) bond motifs is 1. The molecule has 3 atom stereocenters. The molecule has 0 aromatic carbocycles. The molecule has 3 rings (SSSR count). The van der Waals surface area contributed by atoms with Crippen molar-refractivity contribution < 1.29 is 4.74 Å². The summed E-state index contributed by atoms with van der Waals surface area (Å²) in [5.74, 6) is 0. The lowest BCUT2D eigenvalue weighted by atomic mass is 10.0. The number of nitrogens with zero attached hydrogens (tertiary/aromatic N) is 3. The van der Waals surface area contributed by atoms with Gasteiger partial charge in [-0.05, 0) is 40.5 Å². The van der Waals surface area contributed by atoms with E-state index in [2.05, 4.69) is 36.2 Å². The predicted molar refractivity (Wildman–Crippen MR) is 82.4 cm³/mol. The van der Waals surface area contributed by atoms with E-state index in [1.807, 2.05) is 23.7 Å². The number of nitrogens with one attached hydrogen (secondary N) is 1. The SMILES string of the molecule is Cc1cc2ncc(C(C)NC3CCOC(C)C3)c(C)n2n1. The van der Waals surface area contributed by atoms with Crippen LogP contribution in [0.4, 0.5) is 0 Å². The van der Waals surface area contributed by atoms with E-state index in [-0.39, 0.29) is 6.04 Å². The van der Waals surface area contributed by atoms with E-state index < -0.39 is 0 Å². The zero-order valence-electron chi connectivity index (χ0n) is 13.3. The van der Waals surface area contributed by atoms with E-state index in [1.54, 1.807) is 0 Å². The summed E-state index contributed by atoms with van der Waals surface area (Å²) < 4.78 is 7.55. The van der Waals surface area contributed by atoms with Gasteiger partial charge in [-0.1, -0.05) is 0 Å². The summed E-state index contributed by atoms with van der Waals surface area (Å²) in [7, 11) is 0. The molecule has 3 heterocycles. The smallest absolute Gasteiger partial charge is 0.155 e. The first kappa shape index (κ1) is 14.5. The third-order valence-electron chi connectivity index (χ3n) is 4.32. The first-order valence-electron chi connectivity index (χ1n) is 7.74. The molecule has 21 heavy (non-hydrogen) atoms. The maximum atomic E-state index is 5.61. The molecule has 0 bridgehead atoms. The van der Waals surface area contributed by atoms with Crippen LogP contribution in [0.15, 0.2) is 12.3 Å². The monoisotopic (exact) mass is 288 g/mol. The summed E-state index contributed by atoms with van der Waals surface area (Å²) in [4.78, 5) is 4.53. The Morgan fingerprint density at radius 3 is 3.00 bits per heavy atom. The van der Waals surface area contributed by atoms with E-state index in [1.165, 1.54) is 5.56 Å². The molecule has 5 nitrogen and oxygen atoms in total. The molecule has 1 fully saturated rings. The van der Waals surface area contributed by atoms with Crippen molar-refractivity contribution in [3.05, 3.63) is 29.2 Å². The fourth-order valence-electron chi connectivity index (χ4n) is 3.19. The largest absolute Gasteiger partial charge is 0.378 e. The van der Waals surface area contributed by atoms with Crippen LogP contribution >= 0.6 is 0 Å². The van der Waals surface area contributed by atoms with E-state index in [4.69, 9.17) is 4.74 Å². The minimum absolute atomic E-state index is 0.265. The van der Waals surface area contributed by atoms with Crippen LogP contribution in [0.25, 0.3) is 5.65 Å². The Morgan fingerprint density at radius 2 is 2.24 bits per heavy atom. The van der Waals surface area contributed by atoms with Gasteiger partial charge in [0.15, 0.2) is 5.65 Å². The normalized spacial score (nSPS) is 24.4. The molecule has 1 saturated heterocycles. The van der Waals surface area contributed by atoms with Crippen molar-refractivity contribution in [1.29, 1.82) is 0 Å². The number of hydrogen-bond donors (Lipinski definition) is 1. The molecule has 0 amide bonds. The van der Waals surface area contributed by atoms with Crippen molar-refractivity contribution in [3.8, 4) is 0 Å². The molecular formula is C16H24N4O. The quantitative estimate of drug-likeness (QED) is 0.943. The first-order valence-corrected chi connectivity index (χ1v) is 7.74. The number of ether oxygens (including phenoxy) is 1. The predicted octanol–water partition coefficient (Wildman–Crippen LogP) is 2.56. The molecule has 1 aliphatic rings. The van der Waals surface area contributed by atoms with Gasteiger partial charge in [0.05, 0.1) is 11.8 Å². The highest BCUT2D eigenvalue weighted by molar-refractivity contribution is 5.42. The molecular weight excluding hydrogens is 264 g/mol. The lowest BCUT2D eigenvalue weighted by Crippen LogP contribution is -2.39. The maximum Gasteiger partial charge on any atom is 0.155 e. The standard InChI is InChI=1S/C16H24N4O/c1-10-7-16-17-9-15(13(4)20(16)19-10)12(3)18-14-5-6-21-11(2)8-14/h7,9,11-12,14,18H,5-6,8H2,1-4H3. The Kier molecular flexibility index (Phi) is 3.95. The summed E-state index contributed by atoms with van der Waals surface area (Å²) in [5.41, 5.74) is 4.29. The van der Waals surface area contributed by atoms with E-state index >= 15 is 0 Å². The van der Waals surface area contributed by atoms with Crippen molar-refractivity contribution in [2.75, 3.05) is 6.61 Å². The van der Waals surface area contributed by atoms with Crippen LogP contribution in [0.2, 0.25) is 0 Å². The van der Waals surface area contributed by atoms with Crippen LogP contribution in [0.1, 0.15) is 49.7 Å². The third kappa shape index (κ3) is 2.94. The Labute approximate surface area is 125 Å². The fourth-order valence-corrected chi connectivity index (χ4v) is 3.19. The molecule has 1 aliphatic heterocycles. The zero-order chi connectivity index (χ0) is 15.0. The lowest BCUT2D eigenvalue weighted by molar-refractivity contribution is 0.0115. The highest BCUT2D eigenvalue weighted by atomic mass is 16.5. The van der Waals surface area contributed by atoms with E-state index in [0.29, 0.717) is 12.1 Å². The van der Waals surface area contributed by atoms with Crippen molar-refractivity contribution in [2.24, 2.45) is 0 Å². The number of hydrogen-bond acceptors (Lipinski definition) is 4. The van der Waals surface area contributed by atoms with Gasteiger partial charge in [0, 0.05) is 42.2 Å². The fraction of sp³-hybridized carbons (Fsp3) is 0.625. The molecule has 1 N–H and O–H groups in total.